The molecule has 0 aliphatic heterocycles. The molecule has 0 bridgehead atoms. The monoisotopic (exact) mass is 152 g/mol. The predicted molar refractivity (Wildman–Crippen MR) is 53.6 cm³/mol. The maximum atomic E-state index is 2.35. The Labute approximate surface area is 72.0 Å². The van der Waals surface area contributed by atoms with Gasteiger partial charge in [0.2, 0.25) is 0 Å². The molecule has 1 atom stereocenters. The molecule has 0 saturated heterocycles. The van der Waals surface area contributed by atoms with Crippen LogP contribution in [-0.4, -0.2) is 7.28 Å². The van der Waals surface area contributed by atoms with Crippen LogP contribution in [0.5, 0.6) is 0 Å². The van der Waals surface area contributed by atoms with Crippen molar-refractivity contribution in [2.24, 2.45) is 5.92 Å². The minimum absolute atomic E-state index is 1.04. The third-order valence-corrected chi connectivity index (χ3v) is 3.37. The van der Waals surface area contributed by atoms with Gasteiger partial charge in [0.1, 0.15) is 7.28 Å². The van der Waals surface area contributed by atoms with Crippen molar-refractivity contribution >= 4 is 7.28 Å². The molecule has 0 amide bonds. The summed E-state index contributed by atoms with van der Waals surface area (Å²) >= 11 is 0. The molecule has 0 nitrogen and oxygen atoms in total. The van der Waals surface area contributed by atoms with Crippen molar-refractivity contribution in [1.29, 1.82) is 0 Å². The van der Waals surface area contributed by atoms with Gasteiger partial charge in [0.15, 0.2) is 0 Å². The molecule has 0 aromatic carbocycles. The molecule has 1 fully saturated rings. The Morgan fingerprint density at radius 1 is 1.27 bits per heavy atom. The first kappa shape index (κ1) is 9.16. The summed E-state index contributed by atoms with van der Waals surface area (Å²) in [6.07, 6.45) is 8.94. The average Bonchev–Trinajstić information content (AvgIpc) is 2.09. The zero-order valence-electron chi connectivity index (χ0n) is 8.10. The van der Waals surface area contributed by atoms with Crippen molar-refractivity contribution < 1.29 is 0 Å². The van der Waals surface area contributed by atoms with E-state index >= 15 is 0 Å². The lowest BCUT2D eigenvalue weighted by Crippen LogP contribution is -2.16. The molecular weight excluding hydrogens is 131 g/mol. The van der Waals surface area contributed by atoms with Crippen LogP contribution in [0.2, 0.25) is 12.6 Å². The quantitative estimate of drug-likeness (QED) is 0.544. The number of rotatable bonds is 3. The summed E-state index contributed by atoms with van der Waals surface area (Å²) in [4.78, 5) is 0. The Balaban J connectivity index is 2.30. The third-order valence-electron chi connectivity index (χ3n) is 3.37. The summed E-state index contributed by atoms with van der Waals surface area (Å²) in [7, 11) is 1.40. The van der Waals surface area contributed by atoms with Gasteiger partial charge >= 0.3 is 0 Å². The molecule has 0 aromatic rings. The summed E-state index contributed by atoms with van der Waals surface area (Å²) in [5, 5.41) is 0. The summed E-state index contributed by atoms with van der Waals surface area (Å²) in [6.45, 7) is 4.70. The Bertz CT molecular complexity index is 91.0. The normalized spacial score (nSPS) is 23.1. The second kappa shape index (κ2) is 4.85. The van der Waals surface area contributed by atoms with Crippen LogP contribution in [-0.2, 0) is 0 Å². The molecule has 64 valence electrons. The van der Waals surface area contributed by atoms with Gasteiger partial charge in [-0.15, -0.1) is 0 Å². The van der Waals surface area contributed by atoms with E-state index in [1.807, 2.05) is 0 Å². The minimum Gasteiger partial charge on any atom is -0.0891 e. The molecule has 0 heterocycles. The van der Waals surface area contributed by atoms with Crippen molar-refractivity contribution in [2.45, 2.75) is 58.1 Å². The standard InChI is InChI=1S/C10H21B/c1-3-10(11-2)9-7-5-4-6-8-9/h9-11H,3-8H2,1-2H3. The van der Waals surface area contributed by atoms with Crippen LogP contribution in [0, 0.1) is 5.92 Å². The van der Waals surface area contributed by atoms with Gasteiger partial charge in [0.25, 0.3) is 0 Å². The third kappa shape index (κ3) is 2.54. The fourth-order valence-electron chi connectivity index (χ4n) is 2.56. The van der Waals surface area contributed by atoms with E-state index in [1.165, 1.54) is 45.8 Å². The molecule has 0 N–H and O–H groups in total. The minimum atomic E-state index is 1.04. The second-order valence-electron chi connectivity index (χ2n) is 3.97. The van der Waals surface area contributed by atoms with E-state index in [-0.39, 0.29) is 0 Å². The summed E-state index contributed by atoms with van der Waals surface area (Å²) < 4.78 is 0. The molecule has 0 radical (unpaired) electrons. The second-order valence-corrected chi connectivity index (χ2v) is 3.97. The molecular formula is C10H21B. The molecule has 11 heavy (non-hydrogen) atoms. The van der Waals surface area contributed by atoms with Crippen LogP contribution in [0.25, 0.3) is 0 Å². The zero-order chi connectivity index (χ0) is 8.10. The first-order valence-corrected chi connectivity index (χ1v) is 5.38. The van der Waals surface area contributed by atoms with Gasteiger partial charge in [-0.2, -0.15) is 0 Å². The molecule has 1 rings (SSSR count). The highest BCUT2D eigenvalue weighted by molar-refractivity contribution is 6.35. The van der Waals surface area contributed by atoms with Gasteiger partial charge in [0, 0.05) is 0 Å². The van der Waals surface area contributed by atoms with Crippen molar-refractivity contribution in [3.05, 3.63) is 0 Å². The van der Waals surface area contributed by atoms with Crippen molar-refractivity contribution in [3.8, 4) is 0 Å². The fourth-order valence-corrected chi connectivity index (χ4v) is 2.56. The largest absolute Gasteiger partial charge is 0.121 e. The number of hydrogen-bond acceptors (Lipinski definition) is 0. The lowest BCUT2D eigenvalue weighted by atomic mass is 9.57. The fraction of sp³-hybridized carbons (Fsp3) is 1.00. The molecule has 0 aromatic heterocycles. The first-order chi connectivity index (χ1) is 5.38. The van der Waals surface area contributed by atoms with E-state index in [2.05, 4.69) is 13.7 Å². The average molecular weight is 152 g/mol. The van der Waals surface area contributed by atoms with Gasteiger partial charge in [-0.1, -0.05) is 58.1 Å². The van der Waals surface area contributed by atoms with Crippen LogP contribution >= 0.6 is 0 Å². The molecule has 1 heteroatoms. The Morgan fingerprint density at radius 3 is 2.36 bits per heavy atom. The maximum absolute atomic E-state index is 2.35. The highest BCUT2D eigenvalue weighted by Crippen LogP contribution is 2.34. The Hall–Kier alpha value is 0.0649. The smallest absolute Gasteiger partial charge is 0.0891 e. The maximum Gasteiger partial charge on any atom is 0.121 e. The van der Waals surface area contributed by atoms with Crippen molar-refractivity contribution in [3.63, 3.8) is 0 Å². The van der Waals surface area contributed by atoms with Gasteiger partial charge in [-0.05, 0) is 5.92 Å². The molecule has 1 aliphatic carbocycles. The molecule has 1 unspecified atom stereocenters. The lowest BCUT2D eigenvalue weighted by molar-refractivity contribution is 0.335. The zero-order valence-corrected chi connectivity index (χ0v) is 8.10. The molecule has 1 aliphatic rings. The van der Waals surface area contributed by atoms with E-state index < -0.39 is 0 Å². The summed E-state index contributed by atoms with van der Waals surface area (Å²) in [5.74, 6) is 2.12. The van der Waals surface area contributed by atoms with Gasteiger partial charge in [0.05, 0.1) is 0 Å². The number of hydrogen-bond donors (Lipinski definition) is 0. The Kier molecular flexibility index (Phi) is 4.03. The van der Waals surface area contributed by atoms with Crippen LogP contribution < -0.4 is 0 Å². The van der Waals surface area contributed by atoms with E-state index in [9.17, 15) is 0 Å². The summed E-state index contributed by atoms with van der Waals surface area (Å²) in [5.41, 5.74) is 0. The van der Waals surface area contributed by atoms with Crippen LogP contribution in [0.4, 0.5) is 0 Å². The van der Waals surface area contributed by atoms with E-state index in [1.54, 1.807) is 0 Å². The van der Waals surface area contributed by atoms with Crippen LogP contribution in [0.15, 0.2) is 0 Å². The Morgan fingerprint density at radius 2 is 1.91 bits per heavy atom. The van der Waals surface area contributed by atoms with Crippen molar-refractivity contribution in [2.75, 3.05) is 0 Å². The van der Waals surface area contributed by atoms with E-state index in [0.717, 1.165) is 11.7 Å². The van der Waals surface area contributed by atoms with Gasteiger partial charge in [-0.3, -0.25) is 0 Å². The highest BCUT2D eigenvalue weighted by Gasteiger charge is 2.20. The summed E-state index contributed by atoms with van der Waals surface area (Å²) in [6, 6.07) is 0. The van der Waals surface area contributed by atoms with Crippen LogP contribution in [0.3, 0.4) is 0 Å². The lowest BCUT2D eigenvalue weighted by Gasteiger charge is -2.28. The topological polar surface area (TPSA) is 0 Å². The molecule has 0 spiro atoms. The van der Waals surface area contributed by atoms with Crippen LogP contribution in [0.1, 0.15) is 45.4 Å². The van der Waals surface area contributed by atoms with Crippen molar-refractivity contribution in [1.82, 2.24) is 0 Å². The van der Waals surface area contributed by atoms with Gasteiger partial charge in [-0.25, -0.2) is 0 Å². The first-order valence-electron chi connectivity index (χ1n) is 5.38. The van der Waals surface area contributed by atoms with E-state index in [4.69, 9.17) is 0 Å². The predicted octanol–water partition coefficient (Wildman–Crippen LogP) is 3.25. The molecule has 1 saturated carbocycles. The highest BCUT2D eigenvalue weighted by atomic mass is 14.2. The van der Waals surface area contributed by atoms with E-state index in [0.29, 0.717) is 0 Å². The van der Waals surface area contributed by atoms with Gasteiger partial charge < -0.3 is 0 Å². The SMILES string of the molecule is CBC(CC)C1CCCCC1.